The Morgan fingerprint density at radius 2 is 1.77 bits per heavy atom. The van der Waals surface area contributed by atoms with E-state index in [1.54, 1.807) is 0 Å². The van der Waals surface area contributed by atoms with Crippen molar-refractivity contribution in [2.45, 2.75) is 89.3 Å². The van der Waals surface area contributed by atoms with Crippen molar-refractivity contribution in [1.82, 2.24) is 0 Å². The summed E-state index contributed by atoms with van der Waals surface area (Å²) < 4.78 is 5.96. The second-order valence-electron chi connectivity index (χ2n) is 10.1. The molecule has 4 heteroatoms. The van der Waals surface area contributed by atoms with Crippen molar-refractivity contribution in [2.24, 2.45) is 22.7 Å². The Hall–Kier alpha value is -1.16. The summed E-state index contributed by atoms with van der Waals surface area (Å²) >= 11 is 0. The van der Waals surface area contributed by atoms with Gasteiger partial charge in [-0.25, -0.2) is 0 Å². The maximum absolute atomic E-state index is 12.0. The van der Waals surface area contributed by atoms with Crippen LogP contribution in [0.1, 0.15) is 78.1 Å². The van der Waals surface area contributed by atoms with Gasteiger partial charge in [0.15, 0.2) is 5.78 Å². The monoisotopic (exact) mass is 358 g/mol. The molecular weight excluding hydrogens is 328 g/mol. The molecule has 5 aliphatic rings. The largest absolute Gasteiger partial charge is 0.458 e. The summed E-state index contributed by atoms with van der Waals surface area (Å²) in [6, 6.07) is 0. The van der Waals surface area contributed by atoms with Gasteiger partial charge in [0.05, 0.1) is 5.60 Å². The SMILES string of the molecule is C[C@]12CC[C@@]3(O)C(CCC4=CC(=O)CC[C@@]43C)C1CCC21CCC(=O)O1. The fourth-order valence-corrected chi connectivity index (χ4v) is 7.80. The van der Waals surface area contributed by atoms with Gasteiger partial charge in [0.1, 0.15) is 5.60 Å². The molecule has 1 saturated heterocycles. The number of carbonyl (C=O) groups is 2. The van der Waals surface area contributed by atoms with E-state index >= 15 is 0 Å². The van der Waals surface area contributed by atoms with Crippen LogP contribution >= 0.6 is 0 Å². The van der Waals surface area contributed by atoms with Gasteiger partial charge in [0, 0.05) is 23.7 Å². The average Bonchev–Trinajstić information content (AvgIpc) is 3.11. The summed E-state index contributed by atoms with van der Waals surface area (Å²) in [5.41, 5.74) is -0.131. The molecule has 0 bridgehead atoms. The van der Waals surface area contributed by atoms with E-state index in [-0.39, 0.29) is 34.1 Å². The molecule has 0 aromatic carbocycles. The fourth-order valence-electron chi connectivity index (χ4n) is 7.80. The van der Waals surface area contributed by atoms with Crippen LogP contribution in [0.4, 0.5) is 0 Å². The minimum Gasteiger partial charge on any atom is -0.458 e. The van der Waals surface area contributed by atoms with Crippen LogP contribution in [0.25, 0.3) is 0 Å². The molecule has 4 fully saturated rings. The van der Waals surface area contributed by atoms with Crippen LogP contribution in [0, 0.1) is 22.7 Å². The number of carbonyl (C=O) groups excluding carboxylic acids is 2. The van der Waals surface area contributed by atoms with Crippen LogP contribution in [-0.2, 0) is 14.3 Å². The molecule has 1 N–H and O–H groups in total. The molecule has 142 valence electrons. The lowest BCUT2D eigenvalue weighted by Crippen LogP contribution is -2.64. The summed E-state index contributed by atoms with van der Waals surface area (Å²) in [6.07, 6.45) is 10.1. The predicted molar refractivity (Wildman–Crippen MR) is 96.2 cm³/mol. The van der Waals surface area contributed by atoms with Gasteiger partial charge in [-0.1, -0.05) is 19.4 Å². The Morgan fingerprint density at radius 1 is 0.962 bits per heavy atom. The maximum Gasteiger partial charge on any atom is 0.306 e. The average molecular weight is 358 g/mol. The van der Waals surface area contributed by atoms with Crippen LogP contribution in [0.15, 0.2) is 11.6 Å². The van der Waals surface area contributed by atoms with Crippen molar-refractivity contribution in [3.63, 3.8) is 0 Å². The zero-order valence-electron chi connectivity index (χ0n) is 16.0. The topological polar surface area (TPSA) is 63.6 Å². The minimum atomic E-state index is -0.726. The van der Waals surface area contributed by atoms with Crippen LogP contribution in [0.5, 0.6) is 0 Å². The molecule has 5 rings (SSSR count). The van der Waals surface area contributed by atoms with Crippen LogP contribution in [-0.4, -0.2) is 28.1 Å². The standard InChI is InChI=1S/C22H30O4/c1-19-8-5-15(23)13-14(19)3-4-17-16-6-9-21(10-7-18(24)26-21)20(16,2)11-12-22(17,19)25/h13,16-17,25H,3-12H2,1-2H3/t16?,17?,19-,20-,21?,22+/m0/s1. The van der Waals surface area contributed by atoms with E-state index in [1.165, 1.54) is 5.57 Å². The molecule has 1 heterocycles. The van der Waals surface area contributed by atoms with Gasteiger partial charge in [-0.2, -0.15) is 0 Å². The Kier molecular flexibility index (Phi) is 3.27. The summed E-state index contributed by atoms with van der Waals surface area (Å²) in [4.78, 5) is 23.9. The summed E-state index contributed by atoms with van der Waals surface area (Å²) in [6.45, 7) is 4.52. The van der Waals surface area contributed by atoms with Gasteiger partial charge in [0.2, 0.25) is 0 Å². The minimum absolute atomic E-state index is 0.0158. The molecule has 1 spiro atoms. The molecule has 26 heavy (non-hydrogen) atoms. The van der Waals surface area contributed by atoms with E-state index in [9.17, 15) is 14.7 Å². The molecule has 0 aromatic rings. The normalized spacial score (nSPS) is 53.0. The highest BCUT2D eigenvalue weighted by atomic mass is 16.6. The van der Waals surface area contributed by atoms with Crippen LogP contribution in [0.3, 0.4) is 0 Å². The Morgan fingerprint density at radius 3 is 2.50 bits per heavy atom. The zero-order chi connectivity index (χ0) is 18.4. The first-order valence-electron chi connectivity index (χ1n) is 10.4. The molecular formula is C22H30O4. The Labute approximate surface area is 155 Å². The number of rotatable bonds is 0. The highest BCUT2D eigenvalue weighted by molar-refractivity contribution is 5.91. The molecule has 0 radical (unpaired) electrons. The van der Waals surface area contributed by atoms with Crippen molar-refractivity contribution < 1.29 is 19.4 Å². The number of aliphatic hydroxyl groups is 1. The first-order valence-corrected chi connectivity index (χ1v) is 10.4. The number of hydrogen-bond donors (Lipinski definition) is 1. The van der Waals surface area contributed by atoms with Gasteiger partial charge >= 0.3 is 5.97 Å². The fraction of sp³-hybridized carbons (Fsp3) is 0.818. The van der Waals surface area contributed by atoms with Crippen LogP contribution < -0.4 is 0 Å². The van der Waals surface area contributed by atoms with E-state index in [4.69, 9.17) is 4.74 Å². The zero-order valence-corrected chi connectivity index (χ0v) is 16.0. The number of fused-ring (bicyclic) bond motifs is 6. The summed E-state index contributed by atoms with van der Waals surface area (Å²) in [5.74, 6) is 0.829. The number of hydrogen-bond acceptors (Lipinski definition) is 4. The van der Waals surface area contributed by atoms with Gasteiger partial charge in [-0.3, -0.25) is 9.59 Å². The Bertz CT molecular complexity index is 726. The molecule has 4 aliphatic carbocycles. The lowest BCUT2D eigenvalue weighted by molar-refractivity contribution is -0.212. The first kappa shape index (κ1) is 17.0. The second kappa shape index (κ2) is 5.01. The first-order chi connectivity index (χ1) is 12.2. The molecule has 6 atom stereocenters. The van der Waals surface area contributed by atoms with Crippen LogP contribution in [0.2, 0.25) is 0 Å². The van der Waals surface area contributed by atoms with Gasteiger partial charge in [-0.05, 0) is 69.3 Å². The van der Waals surface area contributed by atoms with Crippen molar-refractivity contribution >= 4 is 11.8 Å². The highest BCUT2D eigenvalue weighted by Crippen LogP contribution is 2.70. The summed E-state index contributed by atoms with van der Waals surface area (Å²) in [5, 5.41) is 12.0. The van der Waals surface area contributed by atoms with E-state index in [2.05, 4.69) is 13.8 Å². The van der Waals surface area contributed by atoms with Crippen molar-refractivity contribution in [3.05, 3.63) is 11.6 Å². The van der Waals surface area contributed by atoms with E-state index in [1.807, 2.05) is 6.08 Å². The lowest BCUT2D eigenvalue weighted by atomic mass is 9.44. The maximum atomic E-state index is 12.0. The molecule has 1 aliphatic heterocycles. The third-order valence-corrected chi connectivity index (χ3v) is 9.48. The Balaban J connectivity index is 1.54. The van der Waals surface area contributed by atoms with E-state index < -0.39 is 5.60 Å². The number of ketones is 1. The van der Waals surface area contributed by atoms with Gasteiger partial charge < -0.3 is 9.84 Å². The van der Waals surface area contributed by atoms with E-state index in [0.717, 1.165) is 51.4 Å². The smallest absolute Gasteiger partial charge is 0.306 e. The highest BCUT2D eigenvalue weighted by Gasteiger charge is 2.70. The predicted octanol–water partition coefficient (Wildman–Crippen LogP) is 3.71. The van der Waals surface area contributed by atoms with Crippen molar-refractivity contribution in [1.29, 1.82) is 0 Å². The van der Waals surface area contributed by atoms with E-state index in [0.29, 0.717) is 18.8 Å². The second-order valence-corrected chi connectivity index (χ2v) is 10.1. The third kappa shape index (κ3) is 1.80. The molecule has 4 nitrogen and oxygen atoms in total. The number of ether oxygens (including phenoxy) is 1. The molecule has 3 unspecified atom stereocenters. The third-order valence-electron chi connectivity index (χ3n) is 9.48. The molecule has 0 amide bonds. The molecule has 0 aromatic heterocycles. The lowest BCUT2D eigenvalue weighted by Gasteiger charge is -2.63. The summed E-state index contributed by atoms with van der Waals surface area (Å²) in [7, 11) is 0. The number of esters is 1. The molecule has 3 saturated carbocycles. The van der Waals surface area contributed by atoms with Gasteiger partial charge in [-0.15, -0.1) is 0 Å². The van der Waals surface area contributed by atoms with Gasteiger partial charge in [0.25, 0.3) is 0 Å². The van der Waals surface area contributed by atoms with Crippen molar-refractivity contribution in [2.75, 3.05) is 0 Å². The quantitative estimate of drug-likeness (QED) is 0.671. The van der Waals surface area contributed by atoms with Crippen molar-refractivity contribution in [3.8, 4) is 0 Å².